The molecule has 0 spiro atoms. The Morgan fingerprint density at radius 3 is 2.68 bits per heavy atom. The number of carbonyl (C=O) groups is 2. The van der Waals surface area contributed by atoms with Crippen LogP contribution in [0.2, 0.25) is 0 Å². The molecule has 6 nitrogen and oxygen atoms in total. The first kappa shape index (κ1) is 15.2. The zero-order chi connectivity index (χ0) is 14.4. The lowest BCUT2D eigenvalue weighted by molar-refractivity contribution is -0.131. The fraction of sp³-hybridized carbons (Fsp3) is 0.417. The van der Waals surface area contributed by atoms with Crippen molar-refractivity contribution >= 4 is 23.3 Å². The number of urea groups is 1. The molecule has 104 valence electrons. The fourth-order valence-corrected chi connectivity index (χ4v) is 2.50. The molecule has 2 amide bonds. The van der Waals surface area contributed by atoms with Crippen molar-refractivity contribution in [1.82, 2.24) is 15.6 Å². The van der Waals surface area contributed by atoms with Gasteiger partial charge in [-0.2, -0.15) is 0 Å². The van der Waals surface area contributed by atoms with Gasteiger partial charge in [-0.1, -0.05) is 6.08 Å². The minimum atomic E-state index is -1.04. The summed E-state index contributed by atoms with van der Waals surface area (Å²) in [5, 5.41) is 14.7. The number of hydrogen-bond donors (Lipinski definition) is 3. The first-order valence-electron chi connectivity index (χ1n) is 5.78. The summed E-state index contributed by atoms with van der Waals surface area (Å²) < 4.78 is 0. The van der Waals surface area contributed by atoms with Crippen LogP contribution in [0.4, 0.5) is 4.79 Å². The molecule has 0 aliphatic carbocycles. The van der Waals surface area contributed by atoms with Crippen molar-refractivity contribution in [3.63, 3.8) is 0 Å². The summed E-state index contributed by atoms with van der Waals surface area (Å²) in [4.78, 5) is 27.1. The Hall–Kier alpha value is -1.89. The van der Waals surface area contributed by atoms with E-state index in [0.717, 1.165) is 21.7 Å². The maximum Gasteiger partial charge on any atom is 0.328 e. The number of hydrogen-bond acceptors (Lipinski definition) is 4. The quantitative estimate of drug-likeness (QED) is 0.718. The second kappa shape index (κ2) is 6.89. The second-order valence-corrected chi connectivity index (χ2v) is 5.23. The third-order valence-corrected chi connectivity index (χ3v) is 3.58. The molecule has 1 rings (SSSR count). The van der Waals surface area contributed by atoms with Crippen LogP contribution in [0.25, 0.3) is 0 Å². The molecular weight excluding hydrogens is 266 g/mol. The highest BCUT2D eigenvalue weighted by atomic mass is 32.1. The van der Waals surface area contributed by atoms with Gasteiger partial charge in [0.2, 0.25) is 0 Å². The molecule has 3 N–H and O–H groups in total. The number of carboxylic acid groups (broad SMARTS) is 1. The first-order valence-corrected chi connectivity index (χ1v) is 6.59. The average Bonchev–Trinajstić information content (AvgIpc) is 2.64. The minimum Gasteiger partial charge on any atom is -0.478 e. The number of carbonyl (C=O) groups excluding carboxylic acids is 1. The van der Waals surface area contributed by atoms with Gasteiger partial charge in [-0.15, -0.1) is 11.3 Å². The molecular formula is C12H17N3O3S. The zero-order valence-corrected chi connectivity index (χ0v) is 11.9. The van der Waals surface area contributed by atoms with Gasteiger partial charge < -0.3 is 15.7 Å². The Kier molecular flexibility index (Phi) is 5.50. The van der Waals surface area contributed by atoms with Crippen LogP contribution >= 0.6 is 11.3 Å². The summed E-state index contributed by atoms with van der Waals surface area (Å²) in [6.07, 6.45) is 2.36. The molecule has 7 heteroatoms. The van der Waals surface area contributed by atoms with Crippen LogP contribution in [0.3, 0.4) is 0 Å². The number of aryl methyl sites for hydroxylation is 2. The number of aromatic nitrogens is 1. The Balaban J connectivity index is 2.44. The maximum atomic E-state index is 11.6. The van der Waals surface area contributed by atoms with E-state index in [1.807, 2.05) is 20.8 Å². The minimum absolute atomic E-state index is 0.130. The van der Waals surface area contributed by atoms with E-state index in [2.05, 4.69) is 15.6 Å². The van der Waals surface area contributed by atoms with E-state index in [4.69, 9.17) is 5.11 Å². The molecule has 0 saturated carbocycles. The summed E-state index contributed by atoms with van der Waals surface area (Å²) in [7, 11) is 0. The number of carboxylic acids is 1. The van der Waals surface area contributed by atoms with E-state index < -0.39 is 5.97 Å². The molecule has 0 bridgehead atoms. The monoisotopic (exact) mass is 283 g/mol. The fourth-order valence-electron chi connectivity index (χ4n) is 1.57. The Labute approximate surface area is 115 Å². The summed E-state index contributed by atoms with van der Waals surface area (Å²) >= 11 is 1.55. The third-order valence-electron chi connectivity index (χ3n) is 2.32. The smallest absolute Gasteiger partial charge is 0.328 e. The van der Waals surface area contributed by atoms with Crippen molar-refractivity contribution < 1.29 is 14.7 Å². The Bertz CT molecular complexity index is 496. The highest BCUT2D eigenvalue weighted by molar-refractivity contribution is 7.11. The Morgan fingerprint density at radius 2 is 2.16 bits per heavy atom. The van der Waals surface area contributed by atoms with Crippen molar-refractivity contribution in [3.05, 3.63) is 27.7 Å². The number of rotatable bonds is 5. The van der Waals surface area contributed by atoms with Crippen LogP contribution in [0.1, 0.15) is 28.5 Å². The van der Waals surface area contributed by atoms with Gasteiger partial charge in [0.1, 0.15) is 0 Å². The predicted octanol–water partition coefficient (Wildman–Crippen LogP) is 1.76. The molecule has 0 aromatic carbocycles. The van der Waals surface area contributed by atoms with Crippen LogP contribution in [-0.2, 0) is 4.79 Å². The van der Waals surface area contributed by atoms with Crippen molar-refractivity contribution in [1.29, 1.82) is 0 Å². The van der Waals surface area contributed by atoms with Gasteiger partial charge in [0, 0.05) is 17.5 Å². The molecule has 1 heterocycles. The topological polar surface area (TPSA) is 91.3 Å². The number of aliphatic carboxylic acids is 1. The average molecular weight is 283 g/mol. The van der Waals surface area contributed by atoms with Crippen LogP contribution < -0.4 is 10.6 Å². The van der Waals surface area contributed by atoms with Crippen LogP contribution in [-0.4, -0.2) is 28.6 Å². The molecule has 1 aromatic rings. The van der Waals surface area contributed by atoms with E-state index in [-0.39, 0.29) is 18.6 Å². The first-order chi connectivity index (χ1) is 8.90. The SMILES string of the molecule is Cc1nc(C)c(C(C)NC(=O)NC/C=C/C(=O)O)s1. The van der Waals surface area contributed by atoms with Crippen molar-refractivity contribution in [2.24, 2.45) is 0 Å². The van der Waals surface area contributed by atoms with Crippen molar-refractivity contribution in [3.8, 4) is 0 Å². The molecule has 0 fully saturated rings. The van der Waals surface area contributed by atoms with Crippen molar-refractivity contribution in [2.45, 2.75) is 26.8 Å². The van der Waals surface area contributed by atoms with Crippen LogP contribution in [0.15, 0.2) is 12.2 Å². The van der Waals surface area contributed by atoms with Crippen LogP contribution in [0, 0.1) is 13.8 Å². The van der Waals surface area contributed by atoms with Gasteiger partial charge in [0.15, 0.2) is 0 Å². The molecule has 0 aliphatic rings. The number of amides is 2. The van der Waals surface area contributed by atoms with Gasteiger partial charge in [0.05, 0.1) is 16.7 Å². The summed E-state index contributed by atoms with van der Waals surface area (Å²) in [6.45, 7) is 5.88. The van der Waals surface area contributed by atoms with E-state index in [9.17, 15) is 9.59 Å². The third kappa shape index (κ3) is 5.09. The lowest BCUT2D eigenvalue weighted by Gasteiger charge is -2.13. The highest BCUT2D eigenvalue weighted by Gasteiger charge is 2.14. The van der Waals surface area contributed by atoms with Gasteiger partial charge in [0.25, 0.3) is 0 Å². The molecule has 0 aliphatic heterocycles. The van der Waals surface area contributed by atoms with E-state index in [0.29, 0.717) is 0 Å². The zero-order valence-electron chi connectivity index (χ0n) is 11.1. The maximum absolute atomic E-state index is 11.6. The molecule has 1 atom stereocenters. The van der Waals surface area contributed by atoms with E-state index in [1.165, 1.54) is 6.08 Å². The van der Waals surface area contributed by atoms with Crippen LogP contribution in [0.5, 0.6) is 0 Å². The van der Waals surface area contributed by atoms with Gasteiger partial charge in [-0.3, -0.25) is 0 Å². The molecule has 1 aromatic heterocycles. The Morgan fingerprint density at radius 1 is 1.47 bits per heavy atom. The highest BCUT2D eigenvalue weighted by Crippen LogP contribution is 2.24. The van der Waals surface area contributed by atoms with Crippen molar-refractivity contribution in [2.75, 3.05) is 6.54 Å². The van der Waals surface area contributed by atoms with E-state index in [1.54, 1.807) is 11.3 Å². The number of nitrogens with zero attached hydrogens (tertiary/aromatic N) is 1. The summed E-state index contributed by atoms with van der Waals surface area (Å²) in [5.41, 5.74) is 0.918. The van der Waals surface area contributed by atoms with Gasteiger partial charge in [-0.25, -0.2) is 14.6 Å². The second-order valence-electron chi connectivity index (χ2n) is 4.00. The number of nitrogens with one attached hydrogen (secondary N) is 2. The predicted molar refractivity (Wildman–Crippen MR) is 73.3 cm³/mol. The largest absolute Gasteiger partial charge is 0.478 e. The van der Waals surface area contributed by atoms with Gasteiger partial charge >= 0.3 is 12.0 Å². The molecule has 19 heavy (non-hydrogen) atoms. The lowest BCUT2D eigenvalue weighted by Crippen LogP contribution is -2.37. The molecule has 0 saturated heterocycles. The summed E-state index contributed by atoms with van der Waals surface area (Å²) in [6, 6.07) is -0.470. The summed E-state index contributed by atoms with van der Waals surface area (Å²) in [5.74, 6) is -1.04. The standard InChI is InChI=1S/C12H17N3O3S/c1-7-11(19-9(3)14-7)8(2)15-12(18)13-6-4-5-10(16)17/h4-5,8H,6H2,1-3H3,(H,16,17)(H2,13,15,18)/b5-4+. The van der Waals surface area contributed by atoms with E-state index >= 15 is 0 Å². The molecule has 0 radical (unpaired) electrons. The number of thiazole rings is 1. The molecule has 1 unspecified atom stereocenters. The lowest BCUT2D eigenvalue weighted by atomic mass is 10.2. The normalized spacial score (nSPS) is 12.4. The van der Waals surface area contributed by atoms with Gasteiger partial charge in [-0.05, 0) is 20.8 Å².